The molecule has 1 amide bonds. The molecule has 130 valence electrons. The number of carbonyl (C=O) groups excluding carboxylic acids is 2. The summed E-state index contributed by atoms with van der Waals surface area (Å²) in [5.74, 6) is 0.0806. The Bertz CT molecular complexity index is 762. The second-order valence-electron chi connectivity index (χ2n) is 6.12. The van der Waals surface area contributed by atoms with Gasteiger partial charge in [-0.2, -0.15) is 0 Å². The summed E-state index contributed by atoms with van der Waals surface area (Å²) in [5, 5.41) is 0. The Morgan fingerprint density at radius 2 is 1.88 bits per heavy atom. The summed E-state index contributed by atoms with van der Waals surface area (Å²) in [7, 11) is 1.32. The number of carbonyl (C=O) groups is 2. The van der Waals surface area contributed by atoms with Crippen molar-refractivity contribution in [3.63, 3.8) is 0 Å². The minimum absolute atomic E-state index is 0.0973. The highest BCUT2D eigenvalue weighted by atomic mass is 16.5. The summed E-state index contributed by atoms with van der Waals surface area (Å²) < 4.78 is 10.5. The normalized spacial score (nSPS) is 15.2. The number of benzene rings is 2. The maximum Gasteiger partial charge on any atom is 0.325 e. The number of aryl methyl sites for hydroxylation is 1. The van der Waals surface area contributed by atoms with Crippen molar-refractivity contribution in [3.8, 4) is 5.75 Å². The zero-order chi connectivity index (χ0) is 17.8. The Labute approximate surface area is 147 Å². The van der Waals surface area contributed by atoms with Crippen molar-refractivity contribution >= 4 is 11.9 Å². The predicted octanol–water partition coefficient (Wildman–Crippen LogP) is 2.50. The topological polar surface area (TPSA) is 55.8 Å². The quantitative estimate of drug-likeness (QED) is 0.786. The molecule has 1 aliphatic rings. The number of para-hydroxylation sites is 1. The van der Waals surface area contributed by atoms with Gasteiger partial charge in [0, 0.05) is 13.0 Å². The van der Waals surface area contributed by atoms with Crippen LogP contribution in [0.5, 0.6) is 5.75 Å². The monoisotopic (exact) mass is 339 g/mol. The molecule has 0 bridgehead atoms. The molecule has 1 aliphatic heterocycles. The van der Waals surface area contributed by atoms with E-state index in [1.807, 2.05) is 55.5 Å². The van der Waals surface area contributed by atoms with Gasteiger partial charge < -0.3 is 14.4 Å². The molecule has 0 fully saturated rings. The summed E-state index contributed by atoms with van der Waals surface area (Å²) in [6.07, 6.45) is -0.0912. The van der Waals surface area contributed by atoms with Crippen LogP contribution >= 0.6 is 0 Å². The predicted molar refractivity (Wildman–Crippen MR) is 93.2 cm³/mol. The maximum absolute atomic E-state index is 13.0. The fourth-order valence-corrected chi connectivity index (χ4v) is 2.95. The van der Waals surface area contributed by atoms with Gasteiger partial charge in [-0.05, 0) is 29.7 Å². The van der Waals surface area contributed by atoms with Crippen molar-refractivity contribution in [2.24, 2.45) is 0 Å². The van der Waals surface area contributed by atoms with Gasteiger partial charge in [0.25, 0.3) is 5.91 Å². The highest BCUT2D eigenvalue weighted by molar-refractivity contribution is 5.86. The van der Waals surface area contributed by atoms with Crippen LogP contribution in [0.4, 0.5) is 0 Å². The molecule has 1 atom stereocenters. The summed E-state index contributed by atoms with van der Waals surface area (Å²) >= 11 is 0. The van der Waals surface area contributed by atoms with Crippen LogP contribution in [0, 0.1) is 6.92 Å². The van der Waals surface area contributed by atoms with Crippen LogP contribution in [-0.2, 0) is 27.3 Å². The Morgan fingerprint density at radius 1 is 1.16 bits per heavy atom. The number of fused-ring (bicyclic) bond motifs is 1. The highest BCUT2D eigenvalue weighted by Crippen LogP contribution is 2.29. The summed E-state index contributed by atoms with van der Waals surface area (Å²) in [6, 6.07) is 15.4. The molecule has 2 aromatic rings. The van der Waals surface area contributed by atoms with E-state index < -0.39 is 12.1 Å². The zero-order valence-corrected chi connectivity index (χ0v) is 14.4. The first kappa shape index (κ1) is 17.0. The van der Waals surface area contributed by atoms with E-state index in [2.05, 4.69) is 0 Å². The van der Waals surface area contributed by atoms with E-state index in [0.29, 0.717) is 13.0 Å². The summed E-state index contributed by atoms with van der Waals surface area (Å²) in [6.45, 7) is 2.23. The van der Waals surface area contributed by atoms with Gasteiger partial charge in [0.1, 0.15) is 12.3 Å². The van der Waals surface area contributed by atoms with E-state index in [0.717, 1.165) is 22.4 Å². The molecule has 0 radical (unpaired) electrons. The third-order valence-corrected chi connectivity index (χ3v) is 4.40. The average molecular weight is 339 g/mol. The molecule has 0 saturated carbocycles. The fraction of sp³-hybridized carbons (Fsp3) is 0.300. The second kappa shape index (κ2) is 7.38. The molecule has 25 heavy (non-hydrogen) atoms. The van der Waals surface area contributed by atoms with Crippen molar-refractivity contribution < 1.29 is 19.1 Å². The van der Waals surface area contributed by atoms with Crippen LogP contribution in [0.15, 0.2) is 48.5 Å². The number of nitrogens with zero attached hydrogens (tertiary/aromatic N) is 1. The van der Waals surface area contributed by atoms with Gasteiger partial charge in [-0.15, -0.1) is 0 Å². The number of ether oxygens (including phenoxy) is 2. The summed E-state index contributed by atoms with van der Waals surface area (Å²) in [5.41, 5.74) is 3.07. The molecule has 5 heteroatoms. The van der Waals surface area contributed by atoms with Gasteiger partial charge in [-0.1, -0.05) is 42.5 Å². The van der Waals surface area contributed by atoms with E-state index in [1.54, 1.807) is 0 Å². The lowest BCUT2D eigenvalue weighted by molar-refractivity contribution is -0.150. The van der Waals surface area contributed by atoms with Crippen LogP contribution in [0.25, 0.3) is 0 Å². The first-order valence-corrected chi connectivity index (χ1v) is 8.23. The largest absolute Gasteiger partial charge is 0.480 e. The highest BCUT2D eigenvalue weighted by Gasteiger charge is 2.33. The van der Waals surface area contributed by atoms with E-state index in [4.69, 9.17) is 9.47 Å². The Kier molecular flexibility index (Phi) is 5.03. The van der Waals surface area contributed by atoms with Gasteiger partial charge >= 0.3 is 5.97 Å². The molecule has 0 saturated heterocycles. The van der Waals surface area contributed by atoms with Gasteiger partial charge in [0.2, 0.25) is 0 Å². The first-order chi connectivity index (χ1) is 12.1. The van der Waals surface area contributed by atoms with Crippen LogP contribution in [0.3, 0.4) is 0 Å². The van der Waals surface area contributed by atoms with Crippen LogP contribution in [0.1, 0.15) is 16.7 Å². The minimum atomic E-state index is -0.605. The number of methoxy groups -OCH3 is 1. The lowest BCUT2D eigenvalue weighted by Gasteiger charge is -2.25. The molecule has 2 aromatic carbocycles. The van der Waals surface area contributed by atoms with Gasteiger partial charge in [0.15, 0.2) is 6.10 Å². The van der Waals surface area contributed by atoms with E-state index in [9.17, 15) is 9.59 Å². The van der Waals surface area contributed by atoms with E-state index in [-0.39, 0.29) is 12.5 Å². The van der Waals surface area contributed by atoms with Crippen molar-refractivity contribution in [1.82, 2.24) is 4.90 Å². The molecule has 3 rings (SSSR count). The smallest absolute Gasteiger partial charge is 0.325 e. The van der Waals surface area contributed by atoms with Gasteiger partial charge in [0.05, 0.1) is 7.11 Å². The minimum Gasteiger partial charge on any atom is -0.480 e. The molecule has 1 heterocycles. The third-order valence-electron chi connectivity index (χ3n) is 4.40. The molecular weight excluding hydrogens is 318 g/mol. The molecule has 1 unspecified atom stereocenters. The zero-order valence-electron chi connectivity index (χ0n) is 14.4. The molecular formula is C20H21NO4. The number of esters is 1. The van der Waals surface area contributed by atoms with Crippen molar-refractivity contribution in [2.45, 2.75) is 26.0 Å². The number of hydrogen-bond acceptors (Lipinski definition) is 4. The van der Waals surface area contributed by atoms with Gasteiger partial charge in [-0.25, -0.2) is 0 Å². The van der Waals surface area contributed by atoms with Crippen LogP contribution < -0.4 is 4.74 Å². The Hall–Kier alpha value is -2.82. The van der Waals surface area contributed by atoms with Crippen molar-refractivity contribution in [2.75, 3.05) is 13.7 Å². The van der Waals surface area contributed by atoms with Crippen molar-refractivity contribution in [1.29, 1.82) is 0 Å². The van der Waals surface area contributed by atoms with Crippen molar-refractivity contribution in [3.05, 3.63) is 65.2 Å². The molecule has 0 aliphatic carbocycles. The molecule has 0 aromatic heterocycles. The average Bonchev–Trinajstić information content (AvgIpc) is 3.06. The lowest BCUT2D eigenvalue weighted by atomic mass is 10.1. The Balaban J connectivity index is 1.78. The van der Waals surface area contributed by atoms with Crippen LogP contribution in [0.2, 0.25) is 0 Å². The first-order valence-electron chi connectivity index (χ1n) is 8.23. The van der Waals surface area contributed by atoms with Crippen LogP contribution in [-0.4, -0.2) is 36.5 Å². The Morgan fingerprint density at radius 3 is 2.60 bits per heavy atom. The number of amides is 1. The SMILES string of the molecule is COC(=O)CN(Cc1ccccc1C)C(=O)C1Cc2ccccc2O1. The fourth-order valence-electron chi connectivity index (χ4n) is 2.95. The third kappa shape index (κ3) is 3.82. The molecule has 0 spiro atoms. The standard InChI is InChI=1S/C20H21NO4/c1-14-7-3-4-9-16(14)12-21(13-19(22)24-2)20(23)18-11-15-8-5-6-10-17(15)25-18/h3-10,18H,11-13H2,1-2H3. The summed E-state index contributed by atoms with van der Waals surface area (Å²) in [4.78, 5) is 26.3. The number of hydrogen-bond donors (Lipinski definition) is 0. The lowest BCUT2D eigenvalue weighted by Crippen LogP contribution is -2.43. The van der Waals surface area contributed by atoms with Gasteiger partial charge in [-0.3, -0.25) is 9.59 Å². The molecule has 0 N–H and O–H groups in total. The second-order valence-corrected chi connectivity index (χ2v) is 6.12. The molecule has 5 nitrogen and oxygen atoms in total. The number of rotatable bonds is 5. The van der Waals surface area contributed by atoms with E-state index in [1.165, 1.54) is 12.0 Å². The van der Waals surface area contributed by atoms with E-state index >= 15 is 0 Å². The maximum atomic E-state index is 13.0.